The Hall–Kier alpha value is -1.47. The van der Waals surface area contributed by atoms with Crippen molar-refractivity contribution in [2.75, 3.05) is 13.1 Å². The Labute approximate surface area is 114 Å². The second-order valence-corrected chi connectivity index (χ2v) is 6.18. The van der Waals surface area contributed by atoms with Crippen molar-refractivity contribution < 1.29 is 32.6 Å². The number of carboxylic acids is 1. The number of amides is 1. The third kappa shape index (κ3) is 3.34. The van der Waals surface area contributed by atoms with Gasteiger partial charge in [0.1, 0.15) is 5.60 Å². The molecule has 0 radical (unpaired) electrons. The summed E-state index contributed by atoms with van der Waals surface area (Å²) in [5.74, 6) is -3.69. The second kappa shape index (κ2) is 4.82. The Morgan fingerprint density at radius 3 is 2.10 bits per heavy atom. The first-order valence-electron chi connectivity index (χ1n) is 6.05. The Morgan fingerprint density at radius 2 is 1.80 bits per heavy atom. The highest BCUT2D eigenvalue weighted by Gasteiger charge is 2.61. The number of aliphatic carboxylic acids is 1. The topological polar surface area (TPSA) is 66.8 Å². The van der Waals surface area contributed by atoms with E-state index in [1.165, 1.54) is 0 Å². The van der Waals surface area contributed by atoms with Gasteiger partial charge in [-0.2, -0.15) is 13.2 Å². The molecule has 1 fully saturated rings. The summed E-state index contributed by atoms with van der Waals surface area (Å²) in [6, 6.07) is 0. The van der Waals surface area contributed by atoms with Gasteiger partial charge in [0.05, 0.1) is 11.3 Å². The van der Waals surface area contributed by atoms with Crippen LogP contribution < -0.4 is 0 Å². The van der Waals surface area contributed by atoms with Crippen LogP contribution in [0.2, 0.25) is 0 Å². The van der Waals surface area contributed by atoms with Gasteiger partial charge in [-0.1, -0.05) is 0 Å². The second-order valence-electron chi connectivity index (χ2n) is 6.18. The van der Waals surface area contributed by atoms with Crippen LogP contribution in [-0.4, -0.2) is 46.9 Å². The van der Waals surface area contributed by atoms with Crippen LogP contribution in [0.4, 0.5) is 18.0 Å². The molecule has 0 saturated carbocycles. The zero-order chi connectivity index (χ0) is 15.9. The van der Waals surface area contributed by atoms with E-state index in [0.29, 0.717) is 0 Å². The van der Waals surface area contributed by atoms with Crippen LogP contribution in [0.3, 0.4) is 0 Å². The van der Waals surface area contributed by atoms with Crippen molar-refractivity contribution in [2.24, 2.45) is 11.3 Å². The van der Waals surface area contributed by atoms with Crippen LogP contribution in [0, 0.1) is 11.3 Å². The molecule has 2 atom stereocenters. The molecule has 1 rings (SSSR count). The number of nitrogens with zero attached hydrogens (tertiary/aromatic N) is 1. The molecule has 0 aromatic heterocycles. The van der Waals surface area contributed by atoms with Gasteiger partial charge in [-0.25, -0.2) is 4.79 Å². The van der Waals surface area contributed by atoms with Gasteiger partial charge >= 0.3 is 18.2 Å². The molecule has 1 heterocycles. The summed E-state index contributed by atoms with van der Waals surface area (Å²) >= 11 is 0. The molecule has 0 aliphatic carbocycles. The fraction of sp³-hybridized carbons (Fsp3) is 0.833. The number of carboxylic acid groups (broad SMARTS) is 1. The van der Waals surface area contributed by atoms with Crippen LogP contribution in [-0.2, 0) is 9.53 Å². The standard InChI is InChI=1S/C12H18F3NO4/c1-10(2,3)20-9(19)16-5-7(12(13,14)15)11(4,6-16)8(17)18/h7H,5-6H2,1-4H3,(H,17,18)/t7-,11-/m0/s1. The number of likely N-dealkylation sites (tertiary alicyclic amines) is 1. The third-order valence-corrected chi connectivity index (χ3v) is 3.23. The molecule has 1 saturated heterocycles. The number of carbonyl (C=O) groups is 2. The molecule has 1 aliphatic rings. The lowest BCUT2D eigenvalue weighted by Gasteiger charge is -2.27. The van der Waals surface area contributed by atoms with E-state index in [-0.39, 0.29) is 0 Å². The van der Waals surface area contributed by atoms with Crippen LogP contribution >= 0.6 is 0 Å². The molecule has 5 nitrogen and oxygen atoms in total. The highest BCUT2D eigenvalue weighted by Crippen LogP contribution is 2.45. The SMILES string of the molecule is CC(C)(C)OC(=O)N1C[C@H](C(F)(F)F)[C@@](C)(C(=O)O)C1. The smallest absolute Gasteiger partial charge is 0.410 e. The fourth-order valence-corrected chi connectivity index (χ4v) is 2.14. The number of ether oxygens (including phenoxy) is 1. The van der Waals surface area contributed by atoms with Gasteiger partial charge < -0.3 is 14.7 Å². The molecule has 0 bridgehead atoms. The Kier molecular flexibility index (Phi) is 4.00. The molecule has 0 spiro atoms. The summed E-state index contributed by atoms with van der Waals surface area (Å²) < 4.78 is 43.8. The van der Waals surface area contributed by atoms with Crippen LogP contribution in [0.5, 0.6) is 0 Å². The van der Waals surface area contributed by atoms with E-state index >= 15 is 0 Å². The van der Waals surface area contributed by atoms with E-state index in [0.717, 1.165) is 11.8 Å². The van der Waals surface area contributed by atoms with E-state index < -0.39 is 48.3 Å². The lowest BCUT2D eigenvalue weighted by molar-refractivity contribution is -0.201. The highest BCUT2D eigenvalue weighted by atomic mass is 19.4. The van der Waals surface area contributed by atoms with Crippen molar-refractivity contribution in [1.82, 2.24) is 4.90 Å². The van der Waals surface area contributed by atoms with Crippen molar-refractivity contribution >= 4 is 12.1 Å². The van der Waals surface area contributed by atoms with Gasteiger partial charge in [0.15, 0.2) is 0 Å². The van der Waals surface area contributed by atoms with Crippen molar-refractivity contribution in [1.29, 1.82) is 0 Å². The number of carbonyl (C=O) groups excluding carboxylic acids is 1. The molecule has 1 amide bonds. The molecule has 1 N–H and O–H groups in total. The zero-order valence-electron chi connectivity index (χ0n) is 11.7. The van der Waals surface area contributed by atoms with Crippen molar-refractivity contribution in [3.05, 3.63) is 0 Å². The summed E-state index contributed by atoms with van der Waals surface area (Å²) in [4.78, 5) is 23.7. The van der Waals surface area contributed by atoms with Gasteiger partial charge in [-0.05, 0) is 27.7 Å². The molecular weight excluding hydrogens is 279 g/mol. The third-order valence-electron chi connectivity index (χ3n) is 3.23. The molecule has 0 aromatic rings. The molecule has 8 heteroatoms. The van der Waals surface area contributed by atoms with E-state index in [2.05, 4.69) is 0 Å². The lowest BCUT2D eigenvalue weighted by atomic mass is 9.79. The number of rotatable bonds is 1. The summed E-state index contributed by atoms with van der Waals surface area (Å²) in [5, 5.41) is 9.06. The van der Waals surface area contributed by atoms with Crippen LogP contribution in [0.25, 0.3) is 0 Å². The first kappa shape index (κ1) is 16.6. The minimum atomic E-state index is -4.69. The monoisotopic (exact) mass is 297 g/mol. The maximum atomic E-state index is 12.9. The van der Waals surface area contributed by atoms with Crippen LogP contribution in [0.15, 0.2) is 0 Å². The minimum absolute atomic E-state index is 0.526. The maximum Gasteiger partial charge on any atom is 0.410 e. The highest BCUT2D eigenvalue weighted by molar-refractivity contribution is 5.78. The predicted octanol–water partition coefficient (Wildman–Crippen LogP) is 2.51. The first-order chi connectivity index (χ1) is 8.77. The lowest BCUT2D eigenvalue weighted by Crippen LogP contribution is -2.42. The summed E-state index contributed by atoms with van der Waals surface area (Å²) in [5.41, 5.74) is -2.91. The van der Waals surface area contributed by atoms with Gasteiger partial charge in [0.2, 0.25) is 0 Å². The predicted molar refractivity (Wildman–Crippen MR) is 63.1 cm³/mol. The van der Waals surface area contributed by atoms with E-state index in [1.807, 2.05) is 0 Å². The minimum Gasteiger partial charge on any atom is -0.481 e. The van der Waals surface area contributed by atoms with Crippen molar-refractivity contribution in [3.8, 4) is 0 Å². The molecule has 1 aliphatic heterocycles. The number of hydrogen-bond donors (Lipinski definition) is 1. The Morgan fingerprint density at radius 1 is 1.30 bits per heavy atom. The summed E-state index contributed by atoms with van der Waals surface area (Å²) in [7, 11) is 0. The number of hydrogen-bond acceptors (Lipinski definition) is 3. The van der Waals surface area contributed by atoms with Gasteiger partial charge in [-0.15, -0.1) is 0 Å². The first-order valence-corrected chi connectivity index (χ1v) is 6.05. The Balaban J connectivity index is 2.97. The van der Waals surface area contributed by atoms with Gasteiger partial charge in [-0.3, -0.25) is 4.79 Å². The summed E-state index contributed by atoms with van der Waals surface area (Å²) in [6.07, 6.45) is -5.62. The van der Waals surface area contributed by atoms with Crippen molar-refractivity contribution in [3.63, 3.8) is 0 Å². The molecule has 20 heavy (non-hydrogen) atoms. The zero-order valence-corrected chi connectivity index (χ0v) is 11.7. The normalized spacial score (nSPS) is 27.6. The van der Waals surface area contributed by atoms with Gasteiger partial charge in [0, 0.05) is 13.1 Å². The molecule has 0 aromatic carbocycles. The summed E-state index contributed by atoms with van der Waals surface area (Å²) in [6.45, 7) is 4.51. The number of halogens is 3. The molecule has 0 unspecified atom stereocenters. The fourth-order valence-electron chi connectivity index (χ4n) is 2.14. The Bertz CT molecular complexity index is 416. The molecular formula is C12H18F3NO4. The largest absolute Gasteiger partial charge is 0.481 e. The van der Waals surface area contributed by atoms with Gasteiger partial charge in [0.25, 0.3) is 0 Å². The van der Waals surface area contributed by atoms with Crippen molar-refractivity contribution in [2.45, 2.75) is 39.5 Å². The average molecular weight is 297 g/mol. The van der Waals surface area contributed by atoms with E-state index in [1.54, 1.807) is 20.8 Å². The average Bonchev–Trinajstić information content (AvgIpc) is 2.54. The molecule has 116 valence electrons. The maximum absolute atomic E-state index is 12.9. The quantitative estimate of drug-likeness (QED) is 0.807. The van der Waals surface area contributed by atoms with E-state index in [4.69, 9.17) is 9.84 Å². The van der Waals surface area contributed by atoms with E-state index in [9.17, 15) is 22.8 Å². The van der Waals surface area contributed by atoms with Crippen LogP contribution in [0.1, 0.15) is 27.7 Å². The number of alkyl halides is 3.